The Balaban J connectivity index is 1.64. The van der Waals surface area contributed by atoms with Crippen LogP contribution in [-0.4, -0.2) is 20.7 Å². The van der Waals surface area contributed by atoms with Gasteiger partial charge >= 0.3 is 0 Å². The highest BCUT2D eigenvalue weighted by Crippen LogP contribution is 2.15. The van der Waals surface area contributed by atoms with E-state index in [-0.39, 0.29) is 5.91 Å². The lowest BCUT2D eigenvalue weighted by Gasteiger charge is -2.08. The molecule has 1 heterocycles. The first-order valence-electron chi connectivity index (χ1n) is 7.15. The molecule has 0 unspecified atom stereocenters. The first-order valence-corrected chi connectivity index (χ1v) is 7.94. The molecule has 0 saturated heterocycles. The summed E-state index contributed by atoms with van der Waals surface area (Å²) >= 11 is 3.39. The van der Waals surface area contributed by atoms with Crippen molar-refractivity contribution >= 4 is 21.8 Å². The van der Waals surface area contributed by atoms with Crippen LogP contribution in [0.4, 0.5) is 0 Å². The van der Waals surface area contributed by atoms with Crippen LogP contribution in [0.15, 0.2) is 65.7 Å². The van der Waals surface area contributed by atoms with E-state index in [1.165, 1.54) is 6.33 Å². The summed E-state index contributed by atoms with van der Waals surface area (Å²) in [5.74, 6) is -0.0980. The van der Waals surface area contributed by atoms with Crippen LogP contribution >= 0.6 is 15.9 Å². The van der Waals surface area contributed by atoms with Crippen molar-refractivity contribution in [1.82, 2.24) is 20.1 Å². The molecule has 0 aliphatic carbocycles. The highest BCUT2D eigenvalue weighted by molar-refractivity contribution is 9.10. The second kappa shape index (κ2) is 7.19. The van der Waals surface area contributed by atoms with Gasteiger partial charge in [-0.3, -0.25) is 4.79 Å². The average molecular weight is 371 g/mol. The standard InChI is InChI=1S/C17H15BrN4O/c18-16-7-2-1-6-15(16)17(23)20-9-13-4-3-5-14(8-13)10-22-12-19-11-21-22/h1-8,11-12H,9-10H2,(H,20,23). The van der Waals surface area contributed by atoms with Crippen molar-refractivity contribution in [2.45, 2.75) is 13.1 Å². The third-order valence-corrected chi connectivity index (χ3v) is 4.07. The number of carbonyl (C=O) groups is 1. The van der Waals surface area contributed by atoms with Crippen LogP contribution in [-0.2, 0) is 13.1 Å². The van der Waals surface area contributed by atoms with Gasteiger partial charge in [-0.05, 0) is 39.2 Å². The van der Waals surface area contributed by atoms with E-state index in [1.54, 1.807) is 17.1 Å². The number of nitrogens with one attached hydrogen (secondary N) is 1. The third kappa shape index (κ3) is 4.04. The van der Waals surface area contributed by atoms with Gasteiger partial charge in [0.2, 0.25) is 0 Å². The Morgan fingerprint density at radius 1 is 1.13 bits per heavy atom. The maximum absolute atomic E-state index is 12.2. The Hall–Kier alpha value is -2.47. The summed E-state index contributed by atoms with van der Waals surface area (Å²) in [6.45, 7) is 1.14. The van der Waals surface area contributed by atoms with Crippen molar-refractivity contribution in [2.24, 2.45) is 0 Å². The van der Waals surface area contributed by atoms with Gasteiger partial charge in [0.05, 0.1) is 12.1 Å². The molecular formula is C17H15BrN4O. The van der Waals surface area contributed by atoms with Crippen LogP contribution < -0.4 is 5.32 Å². The van der Waals surface area contributed by atoms with E-state index in [9.17, 15) is 4.79 Å². The molecule has 0 spiro atoms. The van der Waals surface area contributed by atoms with Crippen molar-refractivity contribution in [3.05, 3.63) is 82.3 Å². The molecule has 1 N–H and O–H groups in total. The number of hydrogen-bond donors (Lipinski definition) is 1. The van der Waals surface area contributed by atoms with Crippen molar-refractivity contribution in [3.63, 3.8) is 0 Å². The van der Waals surface area contributed by atoms with E-state index in [1.807, 2.05) is 36.4 Å². The van der Waals surface area contributed by atoms with Gasteiger partial charge in [0.15, 0.2) is 0 Å². The molecule has 0 atom stereocenters. The zero-order chi connectivity index (χ0) is 16.1. The summed E-state index contributed by atoms with van der Waals surface area (Å²) in [4.78, 5) is 16.1. The fourth-order valence-electron chi connectivity index (χ4n) is 2.26. The van der Waals surface area contributed by atoms with Crippen molar-refractivity contribution in [3.8, 4) is 0 Å². The Bertz CT molecular complexity index is 802. The summed E-state index contributed by atoms with van der Waals surface area (Å²) in [6, 6.07) is 15.4. The number of aromatic nitrogens is 3. The van der Waals surface area contributed by atoms with Crippen LogP contribution in [0.25, 0.3) is 0 Å². The number of hydrogen-bond acceptors (Lipinski definition) is 3. The van der Waals surface area contributed by atoms with E-state index in [2.05, 4.69) is 37.4 Å². The van der Waals surface area contributed by atoms with E-state index < -0.39 is 0 Å². The van der Waals surface area contributed by atoms with Crippen LogP contribution in [0.1, 0.15) is 21.5 Å². The van der Waals surface area contributed by atoms with Gasteiger partial charge in [-0.15, -0.1) is 0 Å². The van der Waals surface area contributed by atoms with Gasteiger partial charge < -0.3 is 5.32 Å². The second-order valence-corrected chi connectivity index (χ2v) is 5.93. The zero-order valence-corrected chi connectivity index (χ0v) is 13.9. The lowest BCUT2D eigenvalue weighted by atomic mass is 10.1. The van der Waals surface area contributed by atoms with Crippen LogP contribution in [0.3, 0.4) is 0 Å². The predicted molar refractivity (Wildman–Crippen MR) is 90.9 cm³/mol. The smallest absolute Gasteiger partial charge is 0.252 e. The van der Waals surface area contributed by atoms with Gasteiger partial charge in [0.25, 0.3) is 5.91 Å². The molecule has 1 aromatic heterocycles. The summed E-state index contributed by atoms with van der Waals surface area (Å²) in [7, 11) is 0. The fourth-order valence-corrected chi connectivity index (χ4v) is 2.73. The topological polar surface area (TPSA) is 59.8 Å². The summed E-state index contributed by atoms with van der Waals surface area (Å²) in [5, 5.41) is 7.03. The largest absolute Gasteiger partial charge is 0.348 e. The molecular weight excluding hydrogens is 356 g/mol. The monoisotopic (exact) mass is 370 g/mol. The number of carbonyl (C=O) groups excluding carboxylic acids is 1. The highest BCUT2D eigenvalue weighted by atomic mass is 79.9. The van der Waals surface area contributed by atoms with E-state index in [0.717, 1.165) is 15.6 Å². The molecule has 3 rings (SSSR count). The second-order valence-electron chi connectivity index (χ2n) is 5.08. The number of amides is 1. The molecule has 3 aromatic rings. The molecule has 5 nitrogen and oxygen atoms in total. The minimum Gasteiger partial charge on any atom is -0.348 e. The maximum Gasteiger partial charge on any atom is 0.252 e. The van der Waals surface area contributed by atoms with Gasteiger partial charge in [-0.2, -0.15) is 5.10 Å². The van der Waals surface area contributed by atoms with Crippen molar-refractivity contribution in [1.29, 1.82) is 0 Å². The van der Waals surface area contributed by atoms with E-state index in [0.29, 0.717) is 18.7 Å². The molecule has 23 heavy (non-hydrogen) atoms. The molecule has 6 heteroatoms. The quantitative estimate of drug-likeness (QED) is 0.750. The molecule has 0 aliphatic rings. The first-order chi connectivity index (χ1) is 11.2. The van der Waals surface area contributed by atoms with Gasteiger partial charge in [-0.1, -0.05) is 36.4 Å². The highest BCUT2D eigenvalue weighted by Gasteiger charge is 2.08. The lowest BCUT2D eigenvalue weighted by Crippen LogP contribution is -2.23. The maximum atomic E-state index is 12.2. The summed E-state index contributed by atoms with van der Waals surface area (Å²) in [6.07, 6.45) is 3.20. The predicted octanol–water partition coefficient (Wildman–Crippen LogP) is 3.02. The Kier molecular flexibility index (Phi) is 4.83. The number of halogens is 1. The molecule has 2 aromatic carbocycles. The van der Waals surface area contributed by atoms with Crippen molar-refractivity contribution < 1.29 is 4.79 Å². The molecule has 0 fully saturated rings. The average Bonchev–Trinajstić information content (AvgIpc) is 3.06. The zero-order valence-electron chi connectivity index (χ0n) is 12.3. The van der Waals surface area contributed by atoms with Crippen LogP contribution in [0.2, 0.25) is 0 Å². The van der Waals surface area contributed by atoms with Crippen LogP contribution in [0.5, 0.6) is 0 Å². The van der Waals surface area contributed by atoms with E-state index in [4.69, 9.17) is 0 Å². The lowest BCUT2D eigenvalue weighted by molar-refractivity contribution is 0.0950. The Morgan fingerprint density at radius 3 is 2.74 bits per heavy atom. The molecule has 0 aliphatic heterocycles. The summed E-state index contributed by atoms with van der Waals surface area (Å²) < 4.78 is 2.55. The molecule has 0 saturated carbocycles. The van der Waals surface area contributed by atoms with Crippen LogP contribution in [0, 0.1) is 0 Å². The molecule has 0 radical (unpaired) electrons. The Morgan fingerprint density at radius 2 is 1.96 bits per heavy atom. The summed E-state index contributed by atoms with van der Waals surface area (Å²) in [5.41, 5.74) is 2.79. The number of benzene rings is 2. The fraction of sp³-hybridized carbons (Fsp3) is 0.118. The Labute approximate surface area is 142 Å². The van der Waals surface area contributed by atoms with Gasteiger partial charge in [-0.25, -0.2) is 9.67 Å². The normalized spacial score (nSPS) is 10.5. The number of rotatable bonds is 5. The van der Waals surface area contributed by atoms with E-state index >= 15 is 0 Å². The molecule has 116 valence electrons. The van der Waals surface area contributed by atoms with Gasteiger partial charge in [0, 0.05) is 11.0 Å². The third-order valence-electron chi connectivity index (χ3n) is 3.37. The van der Waals surface area contributed by atoms with Gasteiger partial charge in [0.1, 0.15) is 12.7 Å². The molecule has 1 amide bonds. The SMILES string of the molecule is O=C(NCc1cccc(Cn2cncn2)c1)c1ccccc1Br. The minimum absolute atomic E-state index is 0.0980. The first kappa shape index (κ1) is 15.4. The van der Waals surface area contributed by atoms with Crippen molar-refractivity contribution in [2.75, 3.05) is 0 Å². The minimum atomic E-state index is -0.0980. The molecule has 0 bridgehead atoms. The number of nitrogens with zero attached hydrogens (tertiary/aromatic N) is 3.